The van der Waals surface area contributed by atoms with Gasteiger partial charge in [-0.1, -0.05) is 5.92 Å². The monoisotopic (exact) mass is 194 g/mol. The van der Waals surface area contributed by atoms with Crippen molar-refractivity contribution in [2.75, 3.05) is 11.9 Å². The Kier molecular flexibility index (Phi) is 2.72. The Morgan fingerprint density at radius 3 is 2.93 bits per heavy atom. The first-order chi connectivity index (χ1) is 6.57. The summed E-state index contributed by atoms with van der Waals surface area (Å²) >= 11 is 0. The van der Waals surface area contributed by atoms with Crippen molar-refractivity contribution in [3.05, 3.63) is 15.8 Å². The van der Waals surface area contributed by atoms with Crippen LogP contribution in [-0.2, 0) is 7.05 Å². The Balaban J connectivity index is 3.13. The topological polar surface area (TPSA) is 73.0 Å². The maximum atomic E-state index is 10.7. The van der Waals surface area contributed by atoms with Crippen LogP contribution in [0.1, 0.15) is 5.69 Å². The molecule has 6 nitrogen and oxygen atoms in total. The molecule has 0 saturated heterocycles. The van der Waals surface area contributed by atoms with E-state index in [2.05, 4.69) is 16.3 Å². The third-order valence-electron chi connectivity index (χ3n) is 1.73. The SMILES string of the molecule is C#CCNc1c([N+](=O)[O-])c(C)nn1C. The molecule has 0 amide bonds. The summed E-state index contributed by atoms with van der Waals surface area (Å²) in [7, 11) is 1.62. The molecule has 0 radical (unpaired) electrons. The molecule has 0 unspecified atom stereocenters. The zero-order valence-corrected chi connectivity index (χ0v) is 7.94. The van der Waals surface area contributed by atoms with Crippen molar-refractivity contribution >= 4 is 11.5 Å². The van der Waals surface area contributed by atoms with Gasteiger partial charge in [0.15, 0.2) is 0 Å². The van der Waals surface area contributed by atoms with Crippen LogP contribution in [0.15, 0.2) is 0 Å². The van der Waals surface area contributed by atoms with Crippen LogP contribution in [0.5, 0.6) is 0 Å². The standard InChI is InChI=1S/C8H10N4O2/c1-4-5-9-8-7(12(13)14)6(2)10-11(8)3/h1,9H,5H2,2-3H3. The zero-order valence-electron chi connectivity index (χ0n) is 7.94. The fourth-order valence-electron chi connectivity index (χ4n) is 1.20. The van der Waals surface area contributed by atoms with Crippen molar-refractivity contribution < 1.29 is 4.92 Å². The number of hydrogen-bond acceptors (Lipinski definition) is 4. The fraction of sp³-hybridized carbons (Fsp3) is 0.375. The molecule has 1 aromatic rings. The zero-order chi connectivity index (χ0) is 10.7. The molecule has 1 aromatic heterocycles. The molecular formula is C8H10N4O2. The molecule has 0 aliphatic carbocycles. The Bertz CT molecular complexity index is 402. The first-order valence-corrected chi connectivity index (χ1v) is 3.93. The van der Waals surface area contributed by atoms with Gasteiger partial charge in [-0.2, -0.15) is 5.10 Å². The van der Waals surface area contributed by atoms with E-state index < -0.39 is 4.92 Å². The normalized spacial score (nSPS) is 9.50. The highest BCUT2D eigenvalue weighted by Gasteiger charge is 2.23. The van der Waals surface area contributed by atoms with Gasteiger partial charge in [-0.05, 0) is 6.92 Å². The average molecular weight is 194 g/mol. The highest BCUT2D eigenvalue weighted by molar-refractivity contribution is 5.59. The van der Waals surface area contributed by atoms with E-state index in [1.165, 1.54) is 4.68 Å². The number of nitrogens with one attached hydrogen (secondary N) is 1. The molecule has 74 valence electrons. The number of nitrogens with zero attached hydrogens (tertiary/aromatic N) is 3. The van der Waals surface area contributed by atoms with Crippen molar-refractivity contribution in [2.24, 2.45) is 7.05 Å². The minimum atomic E-state index is -0.471. The second-order valence-electron chi connectivity index (χ2n) is 2.72. The molecule has 0 spiro atoms. The molecule has 1 rings (SSSR count). The molecule has 0 aliphatic rings. The van der Waals surface area contributed by atoms with E-state index in [4.69, 9.17) is 6.42 Å². The van der Waals surface area contributed by atoms with Gasteiger partial charge in [0.05, 0.1) is 11.5 Å². The van der Waals surface area contributed by atoms with Crippen LogP contribution in [0.2, 0.25) is 0 Å². The summed E-state index contributed by atoms with van der Waals surface area (Å²) in [5.41, 5.74) is 0.347. The van der Waals surface area contributed by atoms with Gasteiger partial charge in [0.25, 0.3) is 0 Å². The van der Waals surface area contributed by atoms with Crippen molar-refractivity contribution in [1.29, 1.82) is 0 Å². The molecule has 14 heavy (non-hydrogen) atoms. The summed E-state index contributed by atoms with van der Waals surface area (Å²) in [5.74, 6) is 2.68. The molecule has 0 atom stereocenters. The lowest BCUT2D eigenvalue weighted by Crippen LogP contribution is -2.06. The highest BCUT2D eigenvalue weighted by Crippen LogP contribution is 2.26. The lowest BCUT2D eigenvalue weighted by atomic mass is 10.4. The van der Waals surface area contributed by atoms with Crippen LogP contribution >= 0.6 is 0 Å². The van der Waals surface area contributed by atoms with Crippen LogP contribution in [0.25, 0.3) is 0 Å². The molecule has 1 N–H and O–H groups in total. The number of anilines is 1. The minimum absolute atomic E-state index is 0.0252. The van der Waals surface area contributed by atoms with E-state index in [9.17, 15) is 10.1 Å². The minimum Gasteiger partial charge on any atom is -0.354 e. The summed E-state index contributed by atoms with van der Waals surface area (Å²) in [5, 5.41) is 17.4. The van der Waals surface area contributed by atoms with Crippen molar-refractivity contribution in [3.63, 3.8) is 0 Å². The van der Waals surface area contributed by atoms with E-state index in [1.807, 2.05) is 0 Å². The second-order valence-corrected chi connectivity index (χ2v) is 2.72. The van der Waals surface area contributed by atoms with E-state index in [1.54, 1.807) is 14.0 Å². The Hall–Kier alpha value is -2.03. The molecule has 0 bridgehead atoms. The summed E-state index contributed by atoms with van der Waals surface area (Å²) in [4.78, 5) is 10.2. The second kappa shape index (κ2) is 3.79. The molecule has 6 heteroatoms. The fourth-order valence-corrected chi connectivity index (χ4v) is 1.20. The van der Waals surface area contributed by atoms with Gasteiger partial charge in [0.2, 0.25) is 5.82 Å². The molecular weight excluding hydrogens is 184 g/mol. The molecule has 1 heterocycles. The summed E-state index contributed by atoms with van der Waals surface area (Å²) in [6.45, 7) is 1.82. The number of rotatable bonds is 3. The van der Waals surface area contributed by atoms with Gasteiger partial charge in [0, 0.05) is 7.05 Å². The van der Waals surface area contributed by atoms with Gasteiger partial charge in [-0.25, -0.2) is 4.68 Å². The number of aryl methyl sites for hydroxylation is 2. The van der Waals surface area contributed by atoms with Crippen molar-refractivity contribution in [2.45, 2.75) is 6.92 Å². The van der Waals surface area contributed by atoms with Crippen molar-refractivity contribution in [3.8, 4) is 12.3 Å². The first-order valence-electron chi connectivity index (χ1n) is 3.93. The Morgan fingerprint density at radius 2 is 2.43 bits per heavy atom. The maximum Gasteiger partial charge on any atom is 0.333 e. The summed E-state index contributed by atoms with van der Waals surface area (Å²) < 4.78 is 1.41. The number of hydrogen-bond donors (Lipinski definition) is 1. The van der Waals surface area contributed by atoms with Gasteiger partial charge in [-0.3, -0.25) is 10.1 Å². The predicted molar refractivity (Wildman–Crippen MR) is 51.9 cm³/mol. The van der Waals surface area contributed by atoms with E-state index >= 15 is 0 Å². The van der Waals surface area contributed by atoms with Crippen LogP contribution < -0.4 is 5.32 Å². The van der Waals surface area contributed by atoms with Crippen LogP contribution in [0.3, 0.4) is 0 Å². The molecule has 0 aliphatic heterocycles. The molecule has 0 fully saturated rings. The van der Waals surface area contributed by atoms with Gasteiger partial charge < -0.3 is 5.32 Å². The molecule has 0 aromatic carbocycles. The van der Waals surface area contributed by atoms with Crippen LogP contribution in [0.4, 0.5) is 11.5 Å². The quantitative estimate of drug-likeness (QED) is 0.436. The maximum absolute atomic E-state index is 10.7. The Morgan fingerprint density at radius 1 is 1.79 bits per heavy atom. The Labute approximate surface area is 81.1 Å². The largest absolute Gasteiger partial charge is 0.354 e. The van der Waals surface area contributed by atoms with Gasteiger partial charge in [-0.15, -0.1) is 6.42 Å². The van der Waals surface area contributed by atoms with E-state index in [0.29, 0.717) is 11.5 Å². The number of terminal acetylenes is 1. The van der Waals surface area contributed by atoms with Crippen LogP contribution in [-0.4, -0.2) is 21.2 Å². The third kappa shape index (κ3) is 1.66. The molecule has 0 saturated carbocycles. The third-order valence-corrected chi connectivity index (χ3v) is 1.73. The lowest BCUT2D eigenvalue weighted by molar-refractivity contribution is -0.384. The van der Waals surface area contributed by atoms with Crippen LogP contribution in [0, 0.1) is 29.4 Å². The summed E-state index contributed by atoms with van der Waals surface area (Å²) in [6, 6.07) is 0. The van der Waals surface area contributed by atoms with Gasteiger partial charge >= 0.3 is 5.69 Å². The first kappa shape index (κ1) is 10.1. The smallest absolute Gasteiger partial charge is 0.333 e. The number of aromatic nitrogens is 2. The van der Waals surface area contributed by atoms with E-state index in [-0.39, 0.29) is 12.2 Å². The number of nitro groups is 1. The van der Waals surface area contributed by atoms with Crippen molar-refractivity contribution in [1.82, 2.24) is 9.78 Å². The summed E-state index contributed by atoms with van der Waals surface area (Å²) in [6.07, 6.45) is 5.05. The average Bonchev–Trinajstić information content (AvgIpc) is 2.37. The highest BCUT2D eigenvalue weighted by atomic mass is 16.6. The predicted octanol–water partition coefficient (Wildman–Crippen LogP) is 0.682. The lowest BCUT2D eigenvalue weighted by Gasteiger charge is -2.00. The van der Waals surface area contributed by atoms with E-state index in [0.717, 1.165) is 0 Å². The van der Waals surface area contributed by atoms with Gasteiger partial charge in [0.1, 0.15) is 5.69 Å².